The van der Waals surface area contributed by atoms with Crippen LogP contribution in [0.3, 0.4) is 0 Å². The van der Waals surface area contributed by atoms with Gasteiger partial charge in [-0.05, 0) is 37.6 Å². The van der Waals surface area contributed by atoms with E-state index in [1.165, 1.54) is 29.3 Å². The van der Waals surface area contributed by atoms with Gasteiger partial charge in [-0.3, -0.25) is 15.0 Å². The number of nitrogens with one attached hydrogen (secondary N) is 2. The number of hydrogen-bond donors (Lipinski definition) is 4. The van der Waals surface area contributed by atoms with E-state index in [1.54, 1.807) is 6.07 Å². The maximum absolute atomic E-state index is 13.2. The summed E-state index contributed by atoms with van der Waals surface area (Å²) in [5, 5.41) is 22.7. The number of anilines is 3. The van der Waals surface area contributed by atoms with Gasteiger partial charge in [0.15, 0.2) is 5.82 Å². The highest BCUT2D eigenvalue weighted by Crippen LogP contribution is 2.39. The number of aliphatic hydroxyl groups excluding tert-OH is 2. The Hall–Kier alpha value is -3.65. The number of aliphatic hydroxyl groups is 2. The number of nitrogens with zero attached hydrogens (tertiary/aromatic N) is 4. The number of fused-ring (bicyclic) bond motifs is 4. The maximum atomic E-state index is 13.2. The Morgan fingerprint density at radius 1 is 1.28 bits per heavy atom. The van der Waals surface area contributed by atoms with Crippen LogP contribution in [-0.4, -0.2) is 82.8 Å². The zero-order chi connectivity index (χ0) is 26.0. The van der Waals surface area contributed by atoms with Crippen molar-refractivity contribution in [2.45, 2.75) is 37.7 Å². The minimum atomic E-state index is -4.60. The van der Waals surface area contributed by atoms with Crippen LogP contribution in [0.5, 0.6) is 5.75 Å². The van der Waals surface area contributed by atoms with Crippen molar-refractivity contribution in [3.63, 3.8) is 0 Å². The van der Waals surface area contributed by atoms with Crippen molar-refractivity contribution in [1.29, 1.82) is 0 Å². The van der Waals surface area contributed by atoms with Gasteiger partial charge in [0.05, 0.1) is 24.5 Å². The van der Waals surface area contributed by atoms with Crippen LogP contribution in [0.1, 0.15) is 23.8 Å². The Morgan fingerprint density at radius 2 is 2.06 bits per heavy atom. The van der Waals surface area contributed by atoms with Gasteiger partial charge in [0.25, 0.3) is 5.91 Å². The molecule has 2 bridgehead atoms. The number of carbonyl (C=O) groups is 2. The summed E-state index contributed by atoms with van der Waals surface area (Å²) in [6, 6.07) is 3.04. The summed E-state index contributed by atoms with van der Waals surface area (Å²) in [4.78, 5) is 37.4. The van der Waals surface area contributed by atoms with Crippen LogP contribution in [0.15, 0.2) is 30.5 Å². The Kier molecular flexibility index (Phi) is 7.17. The van der Waals surface area contributed by atoms with E-state index in [0.717, 1.165) is 6.92 Å². The number of carbonyl (C=O) groups excluding carboxylic acids is 2. The molecule has 0 aromatic carbocycles. The van der Waals surface area contributed by atoms with Crippen LogP contribution in [0, 0.1) is 0 Å². The maximum Gasteiger partial charge on any atom is 0.408 e. The molecule has 1 saturated heterocycles. The Balaban J connectivity index is 1.51. The molecule has 3 amide bonds. The normalized spacial score (nSPS) is 18.3. The Morgan fingerprint density at radius 3 is 2.72 bits per heavy atom. The van der Waals surface area contributed by atoms with E-state index in [-0.39, 0.29) is 30.0 Å². The molecule has 0 aliphatic carbocycles. The molecule has 3 atom stereocenters. The summed E-state index contributed by atoms with van der Waals surface area (Å²) in [6.45, 7) is 1.46. The Bertz CT molecular complexity index is 1120. The van der Waals surface area contributed by atoms with E-state index in [0.29, 0.717) is 30.9 Å². The fourth-order valence-electron chi connectivity index (χ4n) is 3.90. The number of rotatable bonds is 7. The highest BCUT2D eigenvalue weighted by Gasteiger charge is 2.41. The molecule has 11 nitrogen and oxygen atoms in total. The lowest BCUT2D eigenvalue weighted by molar-refractivity contribution is -0.149. The third-order valence-corrected chi connectivity index (χ3v) is 5.87. The molecular weight excluding hydrogens is 485 g/mol. The second-order valence-corrected chi connectivity index (χ2v) is 8.49. The van der Waals surface area contributed by atoms with E-state index in [2.05, 4.69) is 15.3 Å². The third-order valence-electron chi connectivity index (χ3n) is 5.87. The predicted molar refractivity (Wildman–Crippen MR) is 122 cm³/mol. The molecule has 2 aliphatic heterocycles. The quantitative estimate of drug-likeness (QED) is 0.440. The van der Waals surface area contributed by atoms with Crippen molar-refractivity contribution in [2.24, 2.45) is 0 Å². The van der Waals surface area contributed by atoms with Crippen LogP contribution in [0.2, 0.25) is 0 Å². The molecular formula is C22H25F3N6O5. The molecule has 4 N–H and O–H groups in total. The molecule has 0 unspecified atom stereocenters. The molecule has 1 fully saturated rings. The van der Waals surface area contributed by atoms with Crippen molar-refractivity contribution < 1.29 is 37.7 Å². The SMILES string of the molecule is C[C@@H](NC(=O)c1ccc2c(n1)N(C(=O)Nc1ccc(OC[C@H](O)CO)cn1)[C@H]1CCN2C1)C(F)(F)F. The van der Waals surface area contributed by atoms with Gasteiger partial charge in [-0.15, -0.1) is 0 Å². The lowest BCUT2D eigenvalue weighted by Gasteiger charge is -2.35. The number of alkyl halides is 3. The number of ether oxygens (including phenoxy) is 1. The lowest BCUT2D eigenvalue weighted by Crippen LogP contribution is -2.49. The predicted octanol–water partition coefficient (Wildman–Crippen LogP) is 1.52. The zero-order valence-electron chi connectivity index (χ0n) is 19.2. The van der Waals surface area contributed by atoms with Gasteiger partial charge in [0, 0.05) is 13.1 Å². The van der Waals surface area contributed by atoms with Gasteiger partial charge in [-0.25, -0.2) is 14.8 Å². The second-order valence-electron chi connectivity index (χ2n) is 8.49. The number of aromatic nitrogens is 2. The van der Waals surface area contributed by atoms with Crippen LogP contribution < -0.4 is 25.2 Å². The third kappa shape index (κ3) is 5.44. The van der Waals surface area contributed by atoms with Crippen molar-refractivity contribution >= 4 is 29.3 Å². The summed E-state index contributed by atoms with van der Waals surface area (Å²) in [7, 11) is 0. The van der Waals surface area contributed by atoms with E-state index >= 15 is 0 Å². The summed E-state index contributed by atoms with van der Waals surface area (Å²) in [5.41, 5.74) is 0.355. The molecule has 2 aromatic rings. The molecule has 2 aromatic heterocycles. The first kappa shape index (κ1) is 25.4. The smallest absolute Gasteiger partial charge is 0.408 e. The number of urea groups is 1. The molecule has 2 aliphatic rings. The summed E-state index contributed by atoms with van der Waals surface area (Å²) in [6.07, 6.45) is -3.66. The molecule has 0 saturated carbocycles. The minimum absolute atomic E-state index is 0.129. The topological polar surface area (TPSA) is 140 Å². The second kappa shape index (κ2) is 10.1. The van der Waals surface area contributed by atoms with Crippen molar-refractivity contribution in [1.82, 2.24) is 15.3 Å². The minimum Gasteiger partial charge on any atom is -0.489 e. The van der Waals surface area contributed by atoms with Gasteiger partial charge < -0.3 is 25.2 Å². The molecule has 4 heterocycles. The first-order valence-electron chi connectivity index (χ1n) is 11.2. The lowest BCUT2D eigenvalue weighted by atomic mass is 10.1. The summed E-state index contributed by atoms with van der Waals surface area (Å²) < 4.78 is 43.9. The van der Waals surface area contributed by atoms with E-state index < -0.39 is 36.9 Å². The van der Waals surface area contributed by atoms with Gasteiger partial charge >= 0.3 is 12.2 Å². The van der Waals surface area contributed by atoms with Gasteiger partial charge in [-0.1, -0.05) is 0 Å². The van der Waals surface area contributed by atoms with Crippen molar-refractivity contribution in [2.75, 3.05) is 41.4 Å². The Labute approximate surface area is 203 Å². The number of pyridine rings is 2. The van der Waals surface area contributed by atoms with Gasteiger partial charge in [-0.2, -0.15) is 13.2 Å². The molecule has 36 heavy (non-hydrogen) atoms. The highest BCUT2D eigenvalue weighted by molar-refractivity contribution is 6.05. The molecule has 0 spiro atoms. The first-order chi connectivity index (χ1) is 17.1. The van der Waals surface area contributed by atoms with Crippen LogP contribution in [-0.2, 0) is 0 Å². The molecule has 0 radical (unpaired) electrons. The summed E-state index contributed by atoms with van der Waals surface area (Å²) in [5.74, 6) is -0.309. The fraction of sp³-hybridized carbons (Fsp3) is 0.455. The van der Waals surface area contributed by atoms with Crippen LogP contribution in [0.4, 0.5) is 35.3 Å². The standard InChI is InChI=1S/C22H25F3N6O5/c1-12(22(23,24)25)27-20(34)16-3-4-17-19(28-16)31(13-6-7-30(17)9-13)21(35)29-18-5-2-15(8-26-18)36-11-14(33)10-32/h2-5,8,12-14,32-33H,6-7,9-11H2,1H3,(H,27,34)(H,26,29,35)/t12-,13+,14-/m1/s1. The zero-order valence-corrected chi connectivity index (χ0v) is 19.2. The first-order valence-corrected chi connectivity index (χ1v) is 11.2. The summed E-state index contributed by atoms with van der Waals surface area (Å²) >= 11 is 0. The molecule has 14 heteroatoms. The highest BCUT2D eigenvalue weighted by atomic mass is 19.4. The fourth-order valence-corrected chi connectivity index (χ4v) is 3.90. The van der Waals surface area contributed by atoms with E-state index in [1.807, 2.05) is 10.2 Å². The van der Waals surface area contributed by atoms with Gasteiger partial charge in [0.1, 0.15) is 36.0 Å². The largest absolute Gasteiger partial charge is 0.489 e. The molecule has 194 valence electrons. The van der Waals surface area contributed by atoms with E-state index in [4.69, 9.17) is 9.84 Å². The van der Waals surface area contributed by atoms with Crippen molar-refractivity contribution in [3.8, 4) is 5.75 Å². The van der Waals surface area contributed by atoms with E-state index in [9.17, 15) is 27.9 Å². The van der Waals surface area contributed by atoms with Crippen LogP contribution >= 0.6 is 0 Å². The monoisotopic (exact) mass is 510 g/mol. The number of halogens is 3. The van der Waals surface area contributed by atoms with Crippen molar-refractivity contribution in [3.05, 3.63) is 36.2 Å². The number of amides is 3. The average molecular weight is 510 g/mol. The number of hydrogen-bond acceptors (Lipinski definition) is 8. The van der Waals surface area contributed by atoms with Gasteiger partial charge in [0.2, 0.25) is 0 Å². The molecule has 4 rings (SSSR count). The average Bonchev–Trinajstić information content (AvgIpc) is 3.26. The van der Waals surface area contributed by atoms with Crippen LogP contribution in [0.25, 0.3) is 0 Å².